The van der Waals surface area contributed by atoms with Crippen LogP contribution < -0.4 is 64.3 Å². The van der Waals surface area contributed by atoms with Crippen molar-refractivity contribution in [2.45, 2.75) is 20.8 Å². The summed E-state index contributed by atoms with van der Waals surface area (Å²) in [7, 11) is 0. The first-order valence-electron chi connectivity index (χ1n) is 37.9. The van der Waals surface area contributed by atoms with Crippen molar-refractivity contribution in [3.63, 3.8) is 0 Å². The molecule has 136 heavy (non-hydrogen) atoms. The van der Waals surface area contributed by atoms with E-state index in [0.717, 1.165) is 11.6 Å². The number of benzene rings is 9. The molecule has 634 valence electrons. The van der Waals surface area contributed by atoms with Gasteiger partial charge < -0.3 is 0 Å². The van der Waals surface area contributed by atoms with Gasteiger partial charge in [0.05, 0.1) is 133 Å². The summed E-state index contributed by atoms with van der Waals surface area (Å²) < 4.78 is 132. The Balaban J connectivity index is 0.000000148. The van der Waals surface area contributed by atoms with E-state index in [-0.39, 0.29) is 180 Å². The molecule has 6 aliphatic rings. The molecule has 6 aliphatic heterocycles. The molecule has 0 atom stereocenters. The Kier molecular flexibility index (Phi) is 23.0. The maximum absolute atomic E-state index is 15.2. The van der Waals surface area contributed by atoms with Gasteiger partial charge in [0.2, 0.25) is 11.5 Å². The zero-order valence-electron chi connectivity index (χ0n) is 68.0. The number of allylic oxidation sites excluding steroid dienone is 6. The van der Waals surface area contributed by atoms with Crippen molar-refractivity contribution in [1.29, 1.82) is 47.4 Å². The van der Waals surface area contributed by atoms with Crippen LogP contribution >= 0.6 is 0 Å². The second-order valence-electron chi connectivity index (χ2n) is 27.8. The first-order valence-corrected chi connectivity index (χ1v) is 37.9. The number of hydrogen-bond donors (Lipinski definition) is 0. The molecule has 9 heterocycles. The third-order valence-corrected chi connectivity index (χ3v) is 20.0. The van der Waals surface area contributed by atoms with Gasteiger partial charge in [0.1, 0.15) is 57.6 Å². The molecule has 35 nitrogen and oxygen atoms in total. The Morgan fingerprint density at radius 3 is 1.02 bits per heavy atom. The molecule has 0 bridgehead atoms. The molecule has 0 unspecified atom stereocenters. The lowest BCUT2D eigenvalue weighted by Gasteiger charge is -2.12. The van der Waals surface area contributed by atoms with Gasteiger partial charge in [0, 0.05) is 39.0 Å². The number of fused-ring (bicyclic) bond motifs is 6. The Morgan fingerprint density at radius 2 is 0.654 bits per heavy atom. The molecule has 18 rings (SSSR count). The van der Waals surface area contributed by atoms with Gasteiger partial charge in [-0.1, -0.05) is 36.4 Å². The third kappa shape index (κ3) is 15.4. The number of aromatic nitrogens is 9. The minimum atomic E-state index is -2.37. The molecule has 0 spiro atoms. The second kappa shape index (κ2) is 35.6. The van der Waals surface area contributed by atoms with Gasteiger partial charge in [0.25, 0.3) is 0 Å². The summed E-state index contributed by atoms with van der Waals surface area (Å²) in [4.78, 5) is 106. The minimum Gasteiger partial charge on any atom is -0.238 e. The molecule has 3 aromatic heterocycles. The Bertz CT molecular complexity index is 9280. The number of para-hydroxylation sites is 4. The van der Waals surface area contributed by atoms with Gasteiger partial charge in [-0.15, -0.1) is 0 Å². The van der Waals surface area contributed by atoms with E-state index in [1.165, 1.54) is 68.4 Å². The van der Waals surface area contributed by atoms with Crippen LogP contribution in [0, 0.1) is 194 Å². The molecule has 12 aromatic rings. The molecule has 0 N–H and O–H groups in total. The average molecular weight is 1790 g/mol. The number of aryl methyl sites for hydroxylation is 1. The number of nitriles is 9. The first kappa shape index (κ1) is 87.7. The van der Waals surface area contributed by atoms with Crippen molar-refractivity contribution in [2.24, 2.45) is 59.9 Å². The predicted octanol–water partition coefficient (Wildman–Crippen LogP) is 9.66. The SMILES string of the molecule is [C-]#[N+]/C(C#N)=C1\N=c2ccc(-c3nc(/C(C#N)=C4/N=c5c(C)ccc([N+]#[C-])c5=N4)nc(-c4cc(C#N)cc([N+]#[C-])c4)n3)c(C#N)c2=N1.[C-]#[N+]/C(C#N)=C1\N=c2ccc(-c3nc(C(C)=C4N=c5ccccc5=N4)nc(-c4c(F)c(F)c(C#N)c(F)c4F)n3)c(C#N)c2=N1.[C-]#[N+]/C(C#N)=C1\N=c2ccc(-c3nc(C(C)=C4N=c5ccccc5=N4)nc(-c4c(F)c(F)c(F)c(F)c4F)n3)c(C#N)c2=N1. The van der Waals surface area contributed by atoms with Crippen molar-refractivity contribution in [3.05, 3.63) is 392 Å². The highest BCUT2D eigenvalue weighted by molar-refractivity contribution is 5.80. The number of halogens is 9. The van der Waals surface area contributed by atoms with Crippen molar-refractivity contribution >= 4 is 28.1 Å². The molecule has 0 amide bonds. The molecule has 0 aliphatic carbocycles. The van der Waals surface area contributed by atoms with Crippen molar-refractivity contribution in [3.8, 4) is 123 Å². The van der Waals surface area contributed by atoms with E-state index in [2.05, 4.69) is 141 Å². The average Bonchev–Trinajstić information content (AvgIpc) is 1.15. The maximum atomic E-state index is 15.2. The lowest BCUT2D eigenvalue weighted by Crippen LogP contribution is -2.26. The summed E-state index contributed by atoms with van der Waals surface area (Å²) in [5.41, 5.74) is -4.13. The summed E-state index contributed by atoms with van der Waals surface area (Å²) >= 11 is 0. The first-order chi connectivity index (χ1) is 65.7. The highest BCUT2D eigenvalue weighted by Gasteiger charge is 2.34. The standard InChI is InChI=1S/C33H10N14.C30H9F4N11.C29H9F5N10/c1-16-5-7-23(39-3)28-26(16)42-31(44-28)22(14-36)32-46-29(18-9-17(12-34)10-19(11-18)38-2)45-30(47-32)20-6-8-24-27(21(20)13-35)43-33(41-24)25(15-37)40-4;1-12(26-39-16-5-3-4-6-17(16)40-26)27-43-28(45-30(44-27)20-23(33)21(31)15(10-36)22(32)24(20)34)13-7-8-18-25(14(13)9-35)42-29(41-18)19(11-37)38-2;1-11(25-38-14-5-3-4-6-15(14)39-25)26-42-27(44-29(43-26)18-19(30)21(32)23(34)22(33)20(18)31)12-7-8-16-24(13(12)9-35)41-28(40-16)17(10-36)37-2/h5-11H,1H3;3-8H,1H3;3-8H,1H3/b31-22-,33-25+;29-19+;28-17+. The second-order valence-corrected chi connectivity index (χ2v) is 27.8. The van der Waals surface area contributed by atoms with E-state index in [1.807, 2.05) is 18.2 Å². The van der Waals surface area contributed by atoms with Crippen LogP contribution in [0.2, 0.25) is 0 Å². The van der Waals surface area contributed by atoms with Crippen LogP contribution in [0.25, 0.3) is 109 Å². The predicted molar refractivity (Wildman–Crippen MR) is 441 cm³/mol. The van der Waals surface area contributed by atoms with Gasteiger partial charge >= 0.3 is 17.1 Å². The van der Waals surface area contributed by atoms with E-state index >= 15 is 8.78 Å². The lowest BCUT2D eigenvalue weighted by molar-refractivity contribution is 0.380. The Morgan fingerprint density at radius 1 is 0.301 bits per heavy atom. The van der Waals surface area contributed by atoms with E-state index in [1.54, 1.807) is 85.8 Å². The van der Waals surface area contributed by atoms with Gasteiger partial charge in [0.15, 0.2) is 140 Å². The number of nitrogens with zero attached hydrogens (tertiary/aromatic N) is 35. The highest BCUT2D eigenvalue weighted by Crippen LogP contribution is 2.37. The summed E-state index contributed by atoms with van der Waals surface area (Å²) in [5, 5.41) is 90.4. The van der Waals surface area contributed by atoms with Gasteiger partial charge in [-0.05, 0) is 105 Å². The van der Waals surface area contributed by atoms with Gasteiger partial charge in [-0.3, -0.25) is 0 Å². The zero-order valence-corrected chi connectivity index (χ0v) is 68.0. The van der Waals surface area contributed by atoms with Crippen LogP contribution in [-0.4, -0.2) is 44.9 Å². The van der Waals surface area contributed by atoms with E-state index in [4.69, 9.17) is 38.1 Å². The highest BCUT2D eigenvalue weighted by atomic mass is 19.2. The summed E-state index contributed by atoms with van der Waals surface area (Å²) in [6.45, 7) is 41.3. The molecule has 0 radical (unpaired) electrons. The normalized spacial score (nSPS) is 13.6. The fraction of sp³-hybridized carbons (Fsp3) is 0.0326. The van der Waals surface area contributed by atoms with E-state index in [9.17, 15) is 72.8 Å². The molecule has 44 heteroatoms. The minimum absolute atomic E-state index is 0.0228. The Labute approximate surface area is 751 Å². The van der Waals surface area contributed by atoms with E-state index in [0.29, 0.717) is 32.1 Å². The van der Waals surface area contributed by atoms with E-state index < -0.39 is 97.9 Å². The fourth-order valence-corrected chi connectivity index (χ4v) is 13.5. The van der Waals surface area contributed by atoms with Gasteiger partial charge in [-0.25, -0.2) is 184 Å². The van der Waals surface area contributed by atoms with Crippen LogP contribution in [0.5, 0.6) is 0 Å². The van der Waals surface area contributed by atoms with Crippen LogP contribution in [0.4, 0.5) is 50.9 Å². The van der Waals surface area contributed by atoms with Crippen LogP contribution in [-0.2, 0) is 0 Å². The quantitative estimate of drug-likeness (QED) is 0.0426. The molecule has 0 saturated heterocycles. The van der Waals surface area contributed by atoms with Crippen molar-refractivity contribution < 1.29 is 39.5 Å². The summed E-state index contributed by atoms with van der Waals surface area (Å²) in [6.07, 6.45) is 0. The molecular weight excluding hydrogens is 1770 g/mol. The topological polar surface area (TPSA) is 500 Å². The molecular formula is C92H28F9N35. The van der Waals surface area contributed by atoms with Crippen LogP contribution in [0.15, 0.2) is 227 Å². The molecule has 9 aromatic carbocycles. The van der Waals surface area contributed by atoms with Gasteiger partial charge in [-0.2, -0.15) is 31.6 Å². The van der Waals surface area contributed by atoms with Crippen LogP contribution in [0.1, 0.15) is 64.7 Å². The van der Waals surface area contributed by atoms with Crippen LogP contribution in [0.3, 0.4) is 0 Å². The maximum Gasteiger partial charge on any atom is 0.305 e. The summed E-state index contributed by atoms with van der Waals surface area (Å²) in [5.74, 6) is -22.8. The lowest BCUT2D eigenvalue weighted by atomic mass is 10.1. The summed E-state index contributed by atoms with van der Waals surface area (Å²) in [6, 6.07) is 45.9. The smallest absolute Gasteiger partial charge is 0.238 e. The monoisotopic (exact) mass is 1790 g/mol. The fourth-order valence-electron chi connectivity index (χ4n) is 13.5. The third-order valence-electron chi connectivity index (χ3n) is 20.0. The largest absolute Gasteiger partial charge is 0.305 e. The van der Waals surface area contributed by atoms with Crippen molar-refractivity contribution in [1.82, 2.24) is 44.9 Å². The molecule has 0 fully saturated rings. The van der Waals surface area contributed by atoms with Crippen molar-refractivity contribution in [2.75, 3.05) is 0 Å². The zero-order chi connectivity index (χ0) is 96.5. The Hall–Kier alpha value is -21.7. The number of rotatable bonds is 9. The molecule has 0 saturated carbocycles. The number of hydrogen-bond acceptors (Lipinski definition) is 30.